The molecule has 0 fully saturated rings. The Labute approximate surface area is 87.6 Å². The Hall–Kier alpha value is -0.810. The first kappa shape index (κ1) is 13.2. The summed E-state index contributed by atoms with van der Waals surface area (Å²) in [5, 5.41) is 10.8. The van der Waals surface area contributed by atoms with Crippen molar-refractivity contribution in [3.05, 3.63) is 0 Å². The summed E-state index contributed by atoms with van der Waals surface area (Å²) in [4.78, 5) is 21.8. The van der Waals surface area contributed by atoms with E-state index in [0.717, 1.165) is 6.42 Å². The zero-order valence-electron chi connectivity index (χ0n) is 8.00. The van der Waals surface area contributed by atoms with Crippen molar-refractivity contribution in [1.82, 2.24) is 5.32 Å². The lowest BCUT2D eigenvalue weighted by molar-refractivity contribution is -0.141. The summed E-state index contributed by atoms with van der Waals surface area (Å²) < 4.78 is 0. The van der Waals surface area contributed by atoms with Gasteiger partial charge in [-0.25, -0.2) is 4.79 Å². The van der Waals surface area contributed by atoms with Gasteiger partial charge in [0.15, 0.2) is 0 Å². The highest BCUT2D eigenvalue weighted by Crippen LogP contribution is 1.95. The van der Waals surface area contributed by atoms with Gasteiger partial charge in [0.25, 0.3) is 0 Å². The number of carboxylic acid groups (broad SMARTS) is 1. The zero-order chi connectivity index (χ0) is 11.1. The number of hydrogen-bond acceptors (Lipinski definition) is 3. The second-order valence-corrected chi connectivity index (χ2v) is 3.26. The van der Waals surface area contributed by atoms with E-state index in [2.05, 4.69) is 5.32 Å². The lowest BCUT2D eigenvalue weighted by Gasteiger charge is -2.15. The minimum Gasteiger partial charge on any atom is -0.480 e. The standard InChI is InChI=1S/C8H15ClN2O3/c1-2-3-5(10)7(12)11-6(4-9)8(13)14/h5-6H,2-4,10H2,1H3,(H,11,12)(H,13,14)/t5-,6-/m0/s1. The van der Waals surface area contributed by atoms with Gasteiger partial charge in [0, 0.05) is 0 Å². The largest absolute Gasteiger partial charge is 0.480 e. The van der Waals surface area contributed by atoms with Crippen LogP contribution in [-0.4, -0.2) is 34.9 Å². The summed E-state index contributed by atoms with van der Waals surface area (Å²) in [5.74, 6) is -1.79. The van der Waals surface area contributed by atoms with Crippen LogP contribution in [0.4, 0.5) is 0 Å². The molecule has 14 heavy (non-hydrogen) atoms. The smallest absolute Gasteiger partial charge is 0.327 e. The molecule has 0 aromatic rings. The molecular formula is C8H15ClN2O3. The number of alkyl halides is 1. The van der Waals surface area contributed by atoms with Crippen LogP contribution in [0.2, 0.25) is 0 Å². The average molecular weight is 223 g/mol. The summed E-state index contributed by atoms with van der Waals surface area (Å²) in [5.41, 5.74) is 5.48. The van der Waals surface area contributed by atoms with E-state index in [1.54, 1.807) is 0 Å². The highest BCUT2D eigenvalue weighted by molar-refractivity contribution is 6.19. The van der Waals surface area contributed by atoms with Gasteiger partial charge in [0.1, 0.15) is 6.04 Å². The number of halogens is 1. The first-order valence-corrected chi connectivity index (χ1v) is 4.91. The first-order chi connectivity index (χ1) is 6.52. The van der Waals surface area contributed by atoms with Crippen molar-refractivity contribution < 1.29 is 14.7 Å². The van der Waals surface area contributed by atoms with Crippen molar-refractivity contribution in [3.8, 4) is 0 Å². The van der Waals surface area contributed by atoms with Crippen LogP contribution in [0.3, 0.4) is 0 Å². The lowest BCUT2D eigenvalue weighted by Crippen LogP contribution is -2.49. The number of carbonyl (C=O) groups is 2. The van der Waals surface area contributed by atoms with Crippen molar-refractivity contribution >= 4 is 23.5 Å². The molecule has 1 amide bonds. The molecule has 0 aliphatic rings. The fourth-order valence-corrected chi connectivity index (χ4v) is 1.10. The number of nitrogens with two attached hydrogens (primary N) is 1. The maximum Gasteiger partial charge on any atom is 0.327 e. The Morgan fingerprint density at radius 1 is 1.57 bits per heavy atom. The molecule has 0 spiro atoms. The van der Waals surface area contributed by atoms with Crippen LogP contribution in [0.15, 0.2) is 0 Å². The van der Waals surface area contributed by atoms with Gasteiger partial charge in [0.2, 0.25) is 5.91 Å². The van der Waals surface area contributed by atoms with E-state index >= 15 is 0 Å². The van der Waals surface area contributed by atoms with Crippen LogP contribution in [0.1, 0.15) is 19.8 Å². The Morgan fingerprint density at radius 3 is 2.50 bits per heavy atom. The average Bonchev–Trinajstić information content (AvgIpc) is 2.13. The Balaban J connectivity index is 4.08. The highest BCUT2D eigenvalue weighted by Gasteiger charge is 2.21. The number of nitrogens with one attached hydrogen (secondary N) is 1. The van der Waals surface area contributed by atoms with E-state index in [1.165, 1.54) is 0 Å². The lowest BCUT2D eigenvalue weighted by atomic mass is 10.1. The molecule has 6 heteroatoms. The van der Waals surface area contributed by atoms with Crippen LogP contribution in [-0.2, 0) is 9.59 Å². The molecule has 0 rings (SSSR count). The summed E-state index contributed by atoms with van der Waals surface area (Å²) in [6, 6.07) is -1.72. The monoisotopic (exact) mass is 222 g/mol. The maximum atomic E-state index is 11.2. The first-order valence-electron chi connectivity index (χ1n) is 4.37. The van der Waals surface area contributed by atoms with Crippen molar-refractivity contribution in [2.75, 3.05) is 5.88 Å². The van der Waals surface area contributed by atoms with E-state index in [-0.39, 0.29) is 5.88 Å². The number of amides is 1. The number of hydrogen-bond donors (Lipinski definition) is 3. The van der Waals surface area contributed by atoms with Gasteiger partial charge < -0.3 is 16.2 Å². The quantitative estimate of drug-likeness (QED) is 0.548. The molecule has 2 atom stereocenters. The van der Waals surface area contributed by atoms with Gasteiger partial charge in [0.05, 0.1) is 11.9 Å². The molecule has 0 unspecified atom stereocenters. The van der Waals surface area contributed by atoms with Crippen molar-refractivity contribution in [2.24, 2.45) is 5.73 Å². The number of rotatable bonds is 6. The SMILES string of the molecule is CCC[C@H](N)C(=O)N[C@@H](CCl)C(=O)O. The molecule has 0 bridgehead atoms. The van der Waals surface area contributed by atoms with Crippen LogP contribution < -0.4 is 11.1 Å². The third-order valence-corrected chi connectivity index (χ3v) is 2.01. The third kappa shape index (κ3) is 4.43. The van der Waals surface area contributed by atoms with Crippen LogP contribution in [0.5, 0.6) is 0 Å². The fraction of sp³-hybridized carbons (Fsp3) is 0.750. The maximum absolute atomic E-state index is 11.2. The molecule has 0 aromatic heterocycles. The minimum atomic E-state index is -1.16. The second-order valence-electron chi connectivity index (χ2n) is 2.95. The number of aliphatic carboxylic acids is 1. The Morgan fingerprint density at radius 2 is 2.14 bits per heavy atom. The molecule has 0 aromatic carbocycles. The molecule has 4 N–H and O–H groups in total. The third-order valence-electron chi connectivity index (χ3n) is 1.71. The van der Waals surface area contributed by atoms with Crippen molar-refractivity contribution in [2.45, 2.75) is 31.8 Å². The van der Waals surface area contributed by atoms with Gasteiger partial charge in [-0.15, -0.1) is 11.6 Å². The number of carbonyl (C=O) groups excluding carboxylic acids is 1. The van der Waals surface area contributed by atoms with Crippen molar-refractivity contribution in [3.63, 3.8) is 0 Å². The summed E-state index contributed by atoms with van der Waals surface area (Å²) in [6.07, 6.45) is 1.30. The molecule has 0 radical (unpaired) electrons. The minimum absolute atomic E-state index is 0.167. The second kappa shape index (κ2) is 6.62. The molecule has 0 aliphatic heterocycles. The molecule has 0 saturated carbocycles. The van der Waals surface area contributed by atoms with Gasteiger partial charge >= 0.3 is 5.97 Å². The van der Waals surface area contributed by atoms with Gasteiger partial charge in [-0.2, -0.15) is 0 Å². The topological polar surface area (TPSA) is 92.4 Å². The normalized spacial score (nSPS) is 14.5. The van der Waals surface area contributed by atoms with Crippen LogP contribution in [0, 0.1) is 0 Å². The van der Waals surface area contributed by atoms with E-state index in [1.807, 2.05) is 6.92 Å². The molecule has 0 saturated heterocycles. The number of carboxylic acids is 1. The van der Waals surface area contributed by atoms with Gasteiger partial charge in [-0.3, -0.25) is 4.79 Å². The predicted molar refractivity (Wildman–Crippen MR) is 53.2 cm³/mol. The van der Waals surface area contributed by atoms with E-state index in [4.69, 9.17) is 22.4 Å². The summed E-state index contributed by atoms with van der Waals surface area (Å²) >= 11 is 5.35. The summed E-state index contributed by atoms with van der Waals surface area (Å²) in [7, 11) is 0. The Bertz CT molecular complexity index is 211. The molecule has 5 nitrogen and oxygen atoms in total. The molecular weight excluding hydrogens is 208 g/mol. The predicted octanol–water partition coefficient (Wildman–Crippen LogP) is -0.0780. The highest BCUT2D eigenvalue weighted by atomic mass is 35.5. The van der Waals surface area contributed by atoms with Gasteiger partial charge in [-0.1, -0.05) is 13.3 Å². The molecule has 0 aliphatic carbocycles. The van der Waals surface area contributed by atoms with E-state index in [9.17, 15) is 9.59 Å². The molecule has 0 heterocycles. The molecule has 82 valence electrons. The summed E-state index contributed by atoms with van der Waals surface area (Å²) in [6.45, 7) is 1.89. The fourth-order valence-electron chi connectivity index (χ4n) is 0.887. The van der Waals surface area contributed by atoms with E-state index < -0.39 is 24.0 Å². The zero-order valence-corrected chi connectivity index (χ0v) is 8.75. The van der Waals surface area contributed by atoms with E-state index in [0.29, 0.717) is 6.42 Å². The van der Waals surface area contributed by atoms with Crippen LogP contribution in [0.25, 0.3) is 0 Å². The van der Waals surface area contributed by atoms with Gasteiger partial charge in [-0.05, 0) is 6.42 Å². The van der Waals surface area contributed by atoms with Crippen LogP contribution >= 0.6 is 11.6 Å². The van der Waals surface area contributed by atoms with Crippen molar-refractivity contribution in [1.29, 1.82) is 0 Å². The Kier molecular flexibility index (Phi) is 6.23.